The number of aromatic nitrogens is 1. The molecule has 1 aromatic heterocycles. The van der Waals surface area contributed by atoms with Crippen LogP contribution in [0.1, 0.15) is 49.3 Å². The van der Waals surface area contributed by atoms with E-state index in [0.29, 0.717) is 6.42 Å². The third kappa shape index (κ3) is 2.72. The van der Waals surface area contributed by atoms with Crippen LogP contribution in [-0.4, -0.2) is 10.8 Å². The molecule has 0 aliphatic heterocycles. The molecule has 1 aromatic rings. The smallest absolute Gasteiger partial charge is 0.178 e. The number of hydrogen-bond donors (Lipinski definition) is 1. The summed E-state index contributed by atoms with van der Waals surface area (Å²) in [7, 11) is 0. The molecule has 0 aromatic carbocycles. The van der Waals surface area contributed by atoms with Gasteiger partial charge in [0.05, 0.1) is 5.69 Å². The topological polar surface area (TPSA) is 32.9 Å². The summed E-state index contributed by atoms with van der Waals surface area (Å²) in [4.78, 5) is 14.4. The van der Waals surface area contributed by atoms with Crippen molar-refractivity contribution in [2.45, 2.75) is 39.5 Å². The number of rotatable bonds is 5. The van der Waals surface area contributed by atoms with Crippen molar-refractivity contribution in [3.05, 3.63) is 23.5 Å². The lowest BCUT2D eigenvalue weighted by Gasteiger charge is -1.95. The molecule has 1 rings (SSSR count). The molecule has 0 aliphatic rings. The third-order valence-corrected chi connectivity index (χ3v) is 2.17. The van der Waals surface area contributed by atoms with E-state index in [4.69, 9.17) is 0 Å². The average molecular weight is 179 g/mol. The van der Waals surface area contributed by atoms with E-state index in [-0.39, 0.29) is 5.78 Å². The minimum atomic E-state index is 0.197. The normalized spacial score (nSPS) is 10.3. The van der Waals surface area contributed by atoms with Crippen LogP contribution in [0.4, 0.5) is 0 Å². The van der Waals surface area contributed by atoms with E-state index in [0.717, 1.165) is 12.1 Å². The molecule has 0 bridgehead atoms. The molecule has 1 N–H and O–H groups in total. The van der Waals surface area contributed by atoms with Gasteiger partial charge in [-0.25, -0.2) is 0 Å². The van der Waals surface area contributed by atoms with E-state index >= 15 is 0 Å². The van der Waals surface area contributed by atoms with Crippen LogP contribution in [0.5, 0.6) is 0 Å². The minimum Gasteiger partial charge on any atom is -0.356 e. The largest absolute Gasteiger partial charge is 0.356 e. The van der Waals surface area contributed by atoms with E-state index in [1.54, 1.807) is 0 Å². The Balaban J connectivity index is 2.58. The zero-order valence-electron chi connectivity index (χ0n) is 8.39. The van der Waals surface area contributed by atoms with Crippen molar-refractivity contribution in [2.75, 3.05) is 0 Å². The summed E-state index contributed by atoms with van der Waals surface area (Å²) < 4.78 is 0. The average Bonchev–Trinajstić information content (AvgIpc) is 2.62. The molecule has 0 amide bonds. The van der Waals surface area contributed by atoms with Crippen LogP contribution in [0.25, 0.3) is 0 Å². The van der Waals surface area contributed by atoms with Crippen molar-refractivity contribution in [3.8, 4) is 0 Å². The predicted octanol–water partition coefficient (Wildman–Crippen LogP) is 2.95. The van der Waals surface area contributed by atoms with E-state index < -0.39 is 0 Å². The maximum atomic E-state index is 11.3. The van der Waals surface area contributed by atoms with Gasteiger partial charge >= 0.3 is 0 Å². The van der Waals surface area contributed by atoms with E-state index in [2.05, 4.69) is 11.9 Å². The molecule has 0 atom stereocenters. The molecule has 13 heavy (non-hydrogen) atoms. The number of unbranched alkanes of at least 4 members (excludes halogenated alkanes) is 1. The first kappa shape index (κ1) is 10.0. The summed E-state index contributed by atoms with van der Waals surface area (Å²) in [6, 6.07) is 3.90. The second-order valence-electron chi connectivity index (χ2n) is 3.28. The van der Waals surface area contributed by atoms with E-state index in [1.807, 2.05) is 19.1 Å². The standard InChI is InChI=1S/C11H17NO/c1-3-5-6-9-7-8-10(12-9)11(13)4-2/h7-8,12H,3-6H2,1-2H3. The number of carbonyl (C=O) groups excluding carboxylic acids is 1. The number of Topliss-reactive ketones (excluding diaryl/α,β-unsaturated/α-hetero) is 1. The predicted molar refractivity (Wildman–Crippen MR) is 54.0 cm³/mol. The Morgan fingerprint density at radius 2 is 2.15 bits per heavy atom. The zero-order chi connectivity index (χ0) is 9.68. The number of nitrogens with one attached hydrogen (secondary N) is 1. The van der Waals surface area contributed by atoms with Crippen LogP contribution in [0.15, 0.2) is 12.1 Å². The molecule has 0 aliphatic carbocycles. The lowest BCUT2D eigenvalue weighted by Crippen LogP contribution is -1.97. The number of H-pyrrole nitrogens is 1. The van der Waals surface area contributed by atoms with Gasteiger partial charge in [0, 0.05) is 12.1 Å². The highest BCUT2D eigenvalue weighted by Gasteiger charge is 2.04. The van der Waals surface area contributed by atoms with Crippen molar-refractivity contribution in [1.29, 1.82) is 0 Å². The minimum absolute atomic E-state index is 0.197. The summed E-state index contributed by atoms with van der Waals surface area (Å²) >= 11 is 0. The lowest BCUT2D eigenvalue weighted by molar-refractivity contribution is 0.0984. The van der Waals surface area contributed by atoms with Gasteiger partial charge in [0.25, 0.3) is 0 Å². The summed E-state index contributed by atoms with van der Waals surface area (Å²) in [6.07, 6.45) is 4.00. The molecule has 1 heterocycles. The van der Waals surface area contributed by atoms with Crippen molar-refractivity contribution in [1.82, 2.24) is 4.98 Å². The molecule has 0 unspecified atom stereocenters. The van der Waals surface area contributed by atoms with Gasteiger partial charge in [-0.05, 0) is 25.0 Å². The quantitative estimate of drug-likeness (QED) is 0.692. The Hall–Kier alpha value is -1.05. The maximum Gasteiger partial charge on any atom is 0.178 e. The Bertz CT molecular complexity index is 275. The first-order valence-electron chi connectivity index (χ1n) is 4.99. The Kier molecular flexibility index (Phi) is 3.74. The van der Waals surface area contributed by atoms with Crippen molar-refractivity contribution >= 4 is 5.78 Å². The molecule has 0 radical (unpaired) electrons. The van der Waals surface area contributed by atoms with Gasteiger partial charge in [0.1, 0.15) is 0 Å². The van der Waals surface area contributed by atoms with Gasteiger partial charge in [0.2, 0.25) is 0 Å². The number of hydrogen-bond acceptors (Lipinski definition) is 1. The lowest BCUT2D eigenvalue weighted by atomic mass is 10.2. The van der Waals surface area contributed by atoms with Crippen LogP contribution < -0.4 is 0 Å². The first-order valence-corrected chi connectivity index (χ1v) is 4.99. The highest BCUT2D eigenvalue weighted by atomic mass is 16.1. The number of carbonyl (C=O) groups is 1. The second-order valence-corrected chi connectivity index (χ2v) is 3.28. The van der Waals surface area contributed by atoms with Gasteiger partial charge in [0.15, 0.2) is 5.78 Å². The van der Waals surface area contributed by atoms with Gasteiger partial charge in [-0.15, -0.1) is 0 Å². The highest BCUT2D eigenvalue weighted by Crippen LogP contribution is 2.07. The molecule has 0 saturated carbocycles. The summed E-state index contributed by atoms with van der Waals surface area (Å²) in [5, 5.41) is 0. The summed E-state index contributed by atoms with van der Waals surface area (Å²) in [6.45, 7) is 4.05. The van der Waals surface area contributed by atoms with Gasteiger partial charge in [-0.2, -0.15) is 0 Å². The zero-order valence-corrected chi connectivity index (χ0v) is 8.39. The highest BCUT2D eigenvalue weighted by molar-refractivity contribution is 5.94. The van der Waals surface area contributed by atoms with Crippen molar-refractivity contribution in [3.63, 3.8) is 0 Å². The fourth-order valence-electron chi connectivity index (χ4n) is 1.31. The monoisotopic (exact) mass is 179 g/mol. The first-order chi connectivity index (χ1) is 6.27. The van der Waals surface area contributed by atoms with Crippen molar-refractivity contribution in [2.24, 2.45) is 0 Å². The molecule has 2 nitrogen and oxygen atoms in total. The molecular formula is C11H17NO. The van der Waals surface area contributed by atoms with E-state index in [1.165, 1.54) is 18.5 Å². The maximum absolute atomic E-state index is 11.3. The fraction of sp³-hybridized carbons (Fsp3) is 0.545. The molecule has 2 heteroatoms. The van der Waals surface area contributed by atoms with E-state index in [9.17, 15) is 4.79 Å². The summed E-state index contributed by atoms with van der Waals surface area (Å²) in [5.74, 6) is 0.197. The van der Waals surface area contributed by atoms with Crippen LogP contribution in [0.2, 0.25) is 0 Å². The van der Waals surface area contributed by atoms with Gasteiger partial charge < -0.3 is 4.98 Å². The number of aryl methyl sites for hydroxylation is 1. The van der Waals surface area contributed by atoms with Crippen LogP contribution in [-0.2, 0) is 6.42 Å². The number of ketones is 1. The Labute approximate surface area is 79.4 Å². The SMILES string of the molecule is CCCCc1ccc(C(=O)CC)[nH]1. The molecular weight excluding hydrogens is 162 g/mol. The van der Waals surface area contributed by atoms with Crippen molar-refractivity contribution < 1.29 is 4.79 Å². The Morgan fingerprint density at radius 3 is 2.77 bits per heavy atom. The van der Waals surface area contributed by atoms with Gasteiger partial charge in [-0.3, -0.25) is 4.79 Å². The third-order valence-electron chi connectivity index (χ3n) is 2.17. The number of aromatic amines is 1. The summed E-state index contributed by atoms with van der Waals surface area (Å²) in [5.41, 5.74) is 1.94. The second kappa shape index (κ2) is 4.85. The molecule has 0 saturated heterocycles. The van der Waals surface area contributed by atoms with Gasteiger partial charge in [-0.1, -0.05) is 20.3 Å². The molecule has 0 spiro atoms. The molecule has 0 fully saturated rings. The molecule has 72 valence electrons. The van der Waals surface area contributed by atoms with Crippen LogP contribution in [0.3, 0.4) is 0 Å². The van der Waals surface area contributed by atoms with Crippen LogP contribution >= 0.6 is 0 Å². The fourth-order valence-corrected chi connectivity index (χ4v) is 1.31. The van der Waals surface area contributed by atoms with Crippen LogP contribution in [0, 0.1) is 0 Å². The Morgan fingerprint density at radius 1 is 1.38 bits per heavy atom.